The lowest BCUT2D eigenvalue weighted by molar-refractivity contribution is 0.831. The van der Waals surface area contributed by atoms with Crippen LogP contribution in [0.15, 0.2) is 24.3 Å². The molecule has 3 heteroatoms. The van der Waals surface area contributed by atoms with E-state index in [1.165, 1.54) is 0 Å². The fourth-order valence-corrected chi connectivity index (χ4v) is 1.86. The van der Waals surface area contributed by atoms with E-state index in [0.717, 1.165) is 22.1 Å². The summed E-state index contributed by atoms with van der Waals surface area (Å²) < 4.78 is 0. The quantitative estimate of drug-likeness (QED) is 0.836. The fourth-order valence-electron chi connectivity index (χ4n) is 1.05. The average Bonchev–Trinajstić information content (AvgIpc) is 2.15. The largest absolute Gasteiger partial charge is 0.323 e. The molecule has 0 amide bonds. The molecule has 0 aromatic heterocycles. The number of halogens is 1. The van der Waals surface area contributed by atoms with Gasteiger partial charge in [0.1, 0.15) is 0 Å². The number of benzene rings is 1. The Balaban J connectivity index is 2.55. The highest BCUT2D eigenvalue weighted by Crippen LogP contribution is 2.18. The topological polar surface area (TPSA) is 26.0 Å². The lowest BCUT2D eigenvalue weighted by atomic mass is 10.1. The second-order valence-corrected chi connectivity index (χ2v) is 4.57. The summed E-state index contributed by atoms with van der Waals surface area (Å²) >= 11 is 7.63. The summed E-state index contributed by atoms with van der Waals surface area (Å²) in [5, 5.41) is 0.763. The molecule has 1 aromatic rings. The van der Waals surface area contributed by atoms with Crippen LogP contribution < -0.4 is 5.73 Å². The molecule has 1 atom stereocenters. The first kappa shape index (κ1) is 10.9. The molecule has 1 unspecified atom stereocenters. The SMILES string of the molecule is CCSCC(N)c1ccc(Cl)cc1. The molecule has 72 valence electrons. The van der Waals surface area contributed by atoms with Crippen LogP contribution in [0.25, 0.3) is 0 Å². The van der Waals surface area contributed by atoms with Crippen LogP contribution in [0.1, 0.15) is 18.5 Å². The Morgan fingerprint density at radius 1 is 1.38 bits per heavy atom. The maximum atomic E-state index is 5.97. The summed E-state index contributed by atoms with van der Waals surface area (Å²) in [5.74, 6) is 2.08. The van der Waals surface area contributed by atoms with Gasteiger partial charge in [-0.1, -0.05) is 30.7 Å². The molecule has 0 saturated carbocycles. The van der Waals surface area contributed by atoms with Gasteiger partial charge in [0, 0.05) is 16.8 Å². The number of hydrogen-bond acceptors (Lipinski definition) is 2. The van der Waals surface area contributed by atoms with E-state index in [1.54, 1.807) is 0 Å². The molecule has 1 aromatic carbocycles. The molecule has 0 aliphatic rings. The van der Waals surface area contributed by atoms with Gasteiger partial charge in [-0.15, -0.1) is 0 Å². The third-order valence-corrected chi connectivity index (χ3v) is 3.05. The van der Waals surface area contributed by atoms with Crippen molar-refractivity contribution in [2.75, 3.05) is 11.5 Å². The third-order valence-electron chi connectivity index (χ3n) is 1.80. The summed E-state index contributed by atoms with van der Waals surface area (Å²) in [6, 6.07) is 7.87. The van der Waals surface area contributed by atoms with Crippen LogP contribution >= 0.6 is 23.4 Å². The van der Waals surface area contributed by atoms with Crippen molar-refractivity contribution in [2.24, 2.45) is 5.73 Å². The predicted molar refractivity (Wildman–Crippen MR) is 61.4 cm³/mol. The van der Waals surface area contributed by atoms with E-state index in [2.05, 4.69) is 6.92 Å². The lowest BCUT2D eigenvalue weighted by Gasteiger charge is -2.10. The van der Waals surface area contributed by atoms with Crippen LogP contribution in [-0.4, -0.2) is 11.5 Å². The Morgan fingerprint density at radius 2 is 2.00 bits per heavy atom. The minimum atomic E-state index is 0.127. The van der Waals surface area contributed by atoms with Gasteiger partial charge < -0.3 is 5.73 Å². The molecular weight excluding hydrogens is 202 g/mol. The number of thioether (sulfide) groups is 1. The molecule has 1 rings (SSSR count). The van der Waals surface area contributed by atoms with Crippen LogP contribution in [0.5, 0.6) is 0 Å². The molecule has 2 N–H and O–H groups in total. The van der Waals surface area contributed by atoms with Gasteiger partial charge in [0.2, 0.25) is 0 Å². The zero-order valence-corrected chi connectivity index (χ0v) is 9.24. The minimum Gasteiger partial charge on any atom is -0.323 e. The van der Waals surface area contributed by atoms with Crippen LogP contribution in [0.2, 0.25) is 5.02 Å². The van der Waals surface area contributed by atoms with Crippen LogP contribution in [0, 0.1) is 0 Å². The van der Waals surface area contributed by atoms with Crippen molar-refractivity contribution in [3.63, 3.8) is 0 Å². The third kappa shape index (κ3) is 3.59. The van der Waals surface area contributed by atoms with Crippen molar-refractivity contribution in [1.82, 2.24) is 0 Å². The van der Waals surface area contributed by atoms with Crippen molar-refractivity contribution >= 4 is 23.4 Å². The first-order chi connectivity index (χ1) is 6.24. The molecule has 0 fully saturated rings. The standard InChI is InChI=1S/C10H14ClNS/c1-2-13-7-10(12)8-3-5-9(11)6-4-8/h3-6,10H,2,7,12H2,1H3. The van der Waals surface area contributed by atoms with E-state index < -0.39 is 0 Å². The van der Waals surface area contributed by atoms with E-state index in [4.69, 9.17) is 17.3 Å². The van der Waals surface area contributed by atoms with Gasteiger partial charge >= 0.3 is 0 Å². The molecule has 0 saturated heterocycles. The Morgan fingerprint density at radius 3 is 2.54 bits per heavy atom. The zero-order chi connectivity index (χ0) is 9.68. The van der Waals surface area contributed by atoms with E-state index >= 15 is 0 Å². The maximum absolute atomic E-state index is 5.97. The summed E-state index contributed by atoms with van der Waals surface area (Å²) in [4.78, 5) is 0. The second-order valence-electron chi connectivity index (χ2n) is 2.82. The molecule has 1 nitrogen and oxygen atoms in total. The van der Waals surface area contributed by atoms with Crippen molar-refractivity contribution in [3.8, 4) is 0 Å². The van der Waals surface area contributed by atoms with E-state index in [-0.39, 0.29) is 6.04 Å². The number of nitrogens with two attached hydrogens (primary N) is 1. The van der Waals surface area contributed by atoms with E-state index in [0.29, 0.717) is 0 Å². The molecular formula is C10H14ClNS. The Labute approximate surface area is 88.7 Å². The van der Waals surface area contributed by atoms with Crippen molar-refractivity contribution in [2.45, 2.75) is 13.0 Å². The van der Waals surface area contributed by atoms with E-state index in [1.807, 2.05) is 36.0 Å². The maximum Gasteiger partial charge on any atom is 0.0406 e. The average molecular weight is 216 g/mol. The minimum absolute atomic E-state index is 0.127. The van der Waals surface area contributed by atoms with Gasteiger partial charge in [0.05, 0.1) is 0 Å². The number of hydrogen-bond donors (Lipinski definition) is 1. The highest BCUT2D eigenvalue weighted by Gasteiger charge is 2.04. The molecule has 0 heterocycles. The molecule has 0 radical (unpaired) electrons. The van der Waals surface area contributed by atoms with Crippen molar-refractivity contribution < 1.29 is 0 Å². The van der Waals surface area contributed by atoms with Gasteiger partial charge in [0.25, 0.3) is 0 Å². The van der Waals surface area contributed by atoms with Gasteiger partial charge in [-0.25, -0.2) is 0 Å². The Hall–Kier alpha value is -0.180. The summed E-state index contributed by atoms with van der Waals surface area (Å²) in [7, 11) is 0. The number of rotatable bonds is 4. The Kier molecular flexibility index (Phi) is 4.64. The second kappa shape index (κ2) is 5.53. The first-order valence-electron chi connectivity index (χ1n) is 4.33. The highest BCUT2D eigenvalue weighted by atomic mass is 35.5. The molecule has 0 bridgehead atoms. The normalized spacial score (nSPS) is 12.8. The van der Waals surface area contributed by atoms with Gasteiger partial charge in [0.15, 0.2) is 0 Å². The molecule has 0 spiro atoms. The first-order valence-corrected chi connectivity index (χ1v) is 5.86. The Bertz CT molecular complexity index is 248. The summed E-state index contributed by atoms with van der Waals surface area (Å²) in [6.07, 6.45) is 0. The van der Waals surface area contributed by atoms with Crippen LogP contribution in [0.3, 0.4) is 0 Å². The van der Waals surface area contributed by atoms with Gasteiger partial charge in [-0.05, 0) is 23.4 Å². The molecule has 13 heavy (non-hydrogen) atoms. The summed E-state index contributed by atoms with van der Waals surface area (Å²) in [5.41, 5.74) is 7.12. The van der Waals surface area contributed by atoms with Crippen LogP contribution in [-0.2, 0) is 0 Å². The van der Waals surface area contributed by atoms with Crippen molar-refractivity contribution in [1.29, 1.82) is 0 Å². The lowest BCUT2D eigenvalue weighted by Crippen LogP contribution is -2.12. The van der Waals surface area contributed by atoms with E-state index in [9.17, 15) is 0 Å². The van der Waals surface area contributed by atoms with Gasteiger partial charge in [-0.3, -0.25) is 0 Å². The van der Waals surface area contributed by atoms with Crippen LogP contribution in [0.4, 0.5) is 0 Å². The monoisotopic (exact) mass is 215 g/mol. The molecule has 0 aliphatic carbocycles. The van der Waals surface area contributed by atoms with Crippen molar-refractivity contribution in [3.05, 3.63) is 34.9 Å². The fraction of sp³-hybridized carbons (Fsp3) is 0.400. The highest BCUT2D eigenvalue weighted by molar-refractivity contribution is 7.99. The predicted octanol–water partition coefficient (Wildman–Crippen LogP) is 3.09. The molecule has 0 aliphatic heterocycles. The smallest absolute Gasteiger partial charge is 0.0406 e. The summed E-state index contributed by atoms with van der Waals surface area (Å²) in [6.45, 7) is 2.14. The van der Waals surface area contributed by atoms with Gasteiger partial charge in [-0.2, -0.15) is 11.8 Å². The zero-order valence-electron chi connectivity index (χ0n) is 7.66.